The first-order valence-corrected chi connectivity index (χ1v) is 11.3. The van der Waals surface area contributed by atoms with E-state index in [0.29, 0.717) is 13.1 Å². The van der Waals surface area contributed by atoms with E-state index >= 15 is 0 Å². The lowest BCUT2D eigenvalue weighted by molar-refractivity contribution is 0.313. The summed E-state index contributed by atoms with van der Waals surface area (Å²) in [6.45, 7) is 1.03. The summed E-state index contributed by atoms with van der Waals surface area (Å²) >= 11 is 4.94. The van der Waals surface area contributed by atoms with Gasteiger partial charge in [0.25, 0.3) is 0 Å². The summed E-state index contributed by atoms with van der Waals surface area (Å²) in [5.74, 6) is 0.996. The number of hydrogen-bond acceptors (Lipinski definition) is 6. The highest BCUT2D eigenvalue weighted by atomic mass is 79.9. The second-order valence-corrected chi connectivity index (χ2v) is 9.96. The zero-order valence-electron chi connectivity index (χ0n) is 13.5. The van der Waals surface area contributed by atoms with Gasteiger partial charge < -0.3 is 0 Å². The smallest absolute Gasteiger partial charge is 0.213 e. The van der Waals surface area contributed by atoms with Gasteiger partial charge in [-0.05, 0) is 25.0 Å². The molecule has 2 aromatic heterocycles. The van der Waals surface area contributed by atoms with Crippen molar-refractivity contribution in [3.8, 4) is 10.6 Å². The van der Waals surface area contributed by atoms with Crippen LogP contribution in [0.25, 0.3) is 15.5 Å². The summed E-state index contributed by atoms with van der Waals surface area (Å²) in [6.07, 6.45) is 2.73. The molecule has 0 atom stereocenters. The van der Waals surface area contributed by atoms with Crippen LogP contribution >= 0.6 is 27.3 Å². The molecule has 0 unspecified atom stereocenters. The first-order valence-electron chi connectivity index (χ1n) is 7.85. The molecule has 0 bridgehead atoms. The number of fused-ring (bicyclic) bond motifs is 1. The maximum atomic E-state index is 11.7. The molecule has 1 aliphatic heterocycles. The van der Waals surface area contributed by atoms with Crippen molar-refractivity contribution in [1.82, 2.24) is 24.1 Å². The largest absolute Gasteiger partial charge is 0.234 e. The Morgan fingerprint density at radius 3 is 2.48 bits per heavy atom. The predicted molar refractivity (Wildman–Crippen MR) is 100 cm³/mol. The Balaban J connectivity index is 1.60. The minimum Gasteiger partial charge on any atom is -0.213 e. The standard InChI is InChI=1S/C15H16BrN5O2S2/c1-25(22,23)20-8-6-10(7-9-20)13-17-18-15-21(13)19-14(24-15)11-2-4-12(16)5-3-11/h2-5,10H,6-9H2,1H3. The van der Waals surface area contributed by atoms with Crippen LogP contribution in [-0.4, -0.2) is 51.9 Å². The number of halogens is 1. The summed E-state index contributed by atoms with van der Waals surface area (Å²) in [7, 11) is -3.12. The number of hydrogen-bond donors (Lipinski definition) is 0. The van der Waals surface area contributed by atoms with E-state index in [0.717, 1.165) is 38.7 Å². The molecular formula is C15H16BrN5O2S2. The van der Waals surface area contributed by atoms with Crippen molar-refractivity contribution in [3.05, 3.63) is 34.6 Å². The first kappa shape index (κ1) is 17.1. The van der Waals surface area contributed by atoms with Crippen molar-refractivity contribution in [2.75, 3.05) is 19.3 Å². The van der Waals surface area contributed by atoms with Crippen LogP contribution in [0, 0.1) is 0 Å². The quantitative estimate of drug-likeness (QED) is 0.623. The van der Waals surface area contributed by atoms with E-state index in [1.165, 1.54) is 21.9 Å². The second kappa shape index (κ2) is 6.42. The van der Waals surface area contributed by atoms with Crippen molar-refractivity contribution in [2.24, 2.45) is 0 Å². The van der Waals surface area contributed by atoms with Crippen LogP contribution < -0.4 is 0 Å². The molecule has 1 fully saturated rings. The summed E-state index contributed by atoms with van der Waals surface area (Å²) in [6, 6.07) is 8.00. The van der Waals surface area contributed by atoms with Crippen molar-refractivity contribution < 1.29 is 8.42 Å². The Hall–Kier alpha value is -1.36. The fourth-order valence-corrected chi connectivity index (χ4v) is 5.03. The molecule has 7 nitrogen and oxygen atoms in total. The molecule has 3 aromatic rings. The van der Waals surface area contributed by atoms with Crippen molar-refractivity contribution in [2.45, 2.75) is 18.8 Å². The Morgan fingerprint density at radius 2 is 1.84 bits per heavy atom. The molecule has 25 heavy (non-hydrogen) atoms. The van der Waals surface area contributed by atoms with Crippen LogP contribution in [0.5, 0.6) is 0 Å². The fraction of sp³-hybridized carbons (Fsp3) is 0.400. The highest BCUT2D eigenvalue weighted by molar-refractivity contribution is 9.10. The molecule has 0 N–H and O–H groups in total. The van der Waals surface area contributed by atoms with Gasteiger partial charge in [0.2, 0.25) is 15.0 Å². The number of piperidine rings is 1. The van der Waals surface area contributed by atoms with Gasteiger partial charge in [0.05, 0.1) is 6.26 Å². The van der Waals surface area contributed by atoms with Gasteiger partial charge in [-0.15, -0.1) is 10.2 Å². The lowest BCUT2D eigenvalue weighted by Crippen LogP contribution is -2.37. The van der Waals surface area contributed by atoms with Gasteiger partial charge in [0.15, 0.2) is 5.82 Å². The van der Waals surface area contributed by atoms with Crippen LogP contribution in [-0.2, 0) is 10.0 Å². The minimum absolute atomic E-state index is 0.174. The average Bonchev–Trinajstić information content (AvgIpc) is 3.15. The van der Waals surface area contributed by atoms with Gasteiger partial charge in [-0.2, -0.15) is 9.61 Å². The first-order chi connectivity index (χ1) is 11.9. The van der Waals surface area contributed by atoms with Crippen LogP contribution in [0.2, 0.25) is 0 Å². The molecule has 1 aliphatic rings. The Kier molecular flexibility index (Phi) is 4.38. The Morgan fingerprint density at radius 1 is 1.16 bits per heavy atom. The molecule has 0 amide bonds. The molecule has 4 rings (SSSR count). The van der Waals surface area contributed by atoms with E-state index in [1.54, 1.807) is 0 Å². The molecule has 132 valence electrons. The van der Waals surface area contributed by atoms with Gasteiger partial charge in [-0.25, -0.2) is 12.7 Å². The second-order valence-electron chi connectivity index (χ2n) is 6.10. The summed E-state index contributed by atoms with van der Waals surface area (Å²) < 4.78 is 27.7. The SMILES string of the molecule is CS(=O)(=O)N1CCC(c2nnc3sc(-c4ccc(Br)cc4)nn23)CC1. The predicted octanol–water partition coefficient (Wildman–Crippen LogP) is 2.75. The normalized spacial score (nSPS) is 17.4. The van der Waals surface area contributed by atoms with Crippen molar-refractivity contribution >= 4 is 42.3 Å². The molecule has 0 aliphatic carbocycles. The van der Waals surface area contributed by atoms with E-state index in [1.807, 2.05) is 28.8 Å². The van der Waals surface area contributed by atoms with Gasteiger partial charge in [0.1, 0.15) is 5.01 Å². The molecule has 0 saturated carbocycles. The van der Waals surface area contributed by atoms with E-state index in [4.69, 9.17) is 0 Å². The Labute approximate surface area is 157 Å². The molecule has 0 radical (unpaired) electrons. The number of benzene rings is 1. The molecule has 10 heteroatoms. The summed E-state index contributed by atoms with van der Waals surface area (Å²) in [5, 5.41) is 14.1. The third-order valence-corrected chi connectivity index (χ3v) is 7.17. The van der Waals surface area contributed by atoms with E-state index in [9.17, 15) is 8.42 Å². The van der Waals surface area contributed by atoms with Crippen LogP contribution in [0.4, 0.5) is 0 Å². The molecular weight excluding hydrogens is 426 g/mol. The number of nitrogens with zero attached hydrogens (tertiary/aromatic N) is 5. The summed E-state index contributed by atoms with van der Waals surface area (Å²) in [4.78, 5) is 0.762. The maximum absolute atomic E-state index is 11.7. The van der Waals surface area contributed by atoms with Crippen molar-refractivity contribution in [3.63, 3.8) is 0 Å². The van der Waals surface area contributed by atoms with Gasteiger partial charge in [0, 0.05) is 29.0 Å². The fourth-order valence-electron chi connectivity index (χ4n) is 3.04. The van der Waals surface area contributed by atoms with E-state index < -0.39 is 10.0 Å². The highest BCUT2D eigenvalue weighted by Gasteiger charge is 2.29. The van der Waals surface area contributed by atoms with Crippen LogP contribution in [0.3, 0.4) is 0 Å². The lowest BCUT2D eigenvalue weighted by atomic mass is 9.97. The highest BCUT2D eigenvalue weighted by Crippen LogP contribution is 2.31. The van der Waals surface area contributed by atoms with Gasteiger partial charge >= 0.3 is 0 Å². The van der Waals surface area contributed by atoms with Gasteiger partial charge in [-0.3, -0.25) is 0 Å². The topological polar surface area (TPSA) is 80.5 Å². The van der Waals surface area contributed by atoms with Gasteiger partial charge in [-0.1, -0.05) is 39.4 Å². The molecule has 3 heterocycles. The lowest BCUT2D eigenvalue weighted by Gasteiger charge is -2.28. The van der Waals surface area contributed by atoms with E-state index in [2.05, 4.69) is 31.2 Å². The zero-order chi connectivity index (χ0) is 17.6. The van der Waals surface area contributed by atoms with Crippen molar-refractivity contribution in [1.29, 1.82) is 0 Å². The zero-order valence-corrected chi connectivity index (χ0v) is 16.7. The van der Waals surface area contributed by atoms with Crippen LogP contribution in [0.15, 0.2) is 28.7 Å². The molecule has 1 saturated heterocycles. The Bertz CT molecular complexity index is 1000. The monoisotopic (exact) mass is 441 g/mol. The number of rotatable bonds is 3. The number of aromatic nitrogens is 4. The summed E-state index contributed by atoms with van der Waals surface area (Å²) in [5.41, 5.74) is 1.04. The minimum atomic E-state index is -3.12. The third-order valence-electron chi connectivity index (χ3n) is 4.39. The molecule has 0 spiro atoms. The van der Waals surface area contributed by atoms with Crippen LogP contribution in [0.1, 0.15) is 24.6 Å². The van der Waals surface area contributed by atoms with E-state index in [-0.39, 0.29) is 5.92 Å². The third kappa shape index (κ3) is 3.35. The average molecular weight is 442 g/mol. The maximum Gasteiger partial charge on any atom is 0.234 e. The number of sulfonamides is 1. The molecule has 1 aromatic carbocycles.